The molecule has 1 fully saturated rings. The fourth-order valence-electron chi connectivity index (χ4n) is 2.83. The highest BCUT2D eigenvalue weighted by Crippen LogP contribution is 2.35. The first-order valence-electron chi connectivity index (χ1n) is 7.17. The minimum atomic E-state index is 0.253. The zero-order valence-corrected chi connectivity index (χ0v) is 12.8. The number of hydrogen-bond donors (Lipinski definition) is 1. The minimum absolute atomic E-state index is 0.253. The number of ether oxygens (including phenoxy) is 2. The first kappa shape index (κ1) is 14.9. The summed E-state index contributed by atoms with van der Waals surface area (Å²) in [4.78, 5) is 6.37. The Balaban J connectivity index is 2.26. The highest BCUT2D eigenvalue weighted by Gasteiger charge is 2.27. The summed E-state index contributed by atoms with van der Waals surface area (Å²) < 4.78 is 11.0. The van der Waals surface area contributed by atoms with Crippen LogP contribution in [-0.4, -0.2) is 45.4 Å². The van der Waals surface area contributed by atoms with E-state index in [1.54, 1.807) is 20.4 Å². The van der Waals surface area contributed by atoms with Gasteiger partial charge in [-0.05, 0) is 18.9 Å². The summed E-state index contributed by atoms with van der Waals surface area (Å²) in [6, 6.07) is 2.31. The molecule has 2 unspecified atom stereocenters. The lowest BCUT2D eigenvalue weighted by Crippen LogP contribution is -2.38. The van der Waals surface area contributed by atoms with Gasteiger partial charge in [0.15, 0.2) is 0 Å². The van der Waals surface area contributed by atoms with E-state index in [1.807, 2.05) is 20.2 Å². The van der Waals surface area contributed by atoms with E-state index in [9.17, 15) is 0 Å². The van der Waals surface area contributed by atoms with Gasteiger partial charge >= 0.3 is 0 Å². The first-order valence-corrected chi connectivity index (χ1v) is 7.17. The minimum Gasteiger partial charge on any atom is -0.479 e. The van der Waals surface area contributed by atoms with Crippen LogP contribution in [-0.2, 0) is 4.74 Å². The van der Waals surface area contributed by atoms with Gasteiger partial charge in [0, 0.05) is 27.4 Å². The number of anilines is 2. The summed E-state index contributed by atoms with van der Waals surface area (Å²) in [5.41, 5.74) is 2.03. The van der Waals surface area contributed by atoms with Crippen molar-refractivity contribution in [1.82, 2.24) is 4.98 Å². The van der Waals surface area contributed by atoms with Crippen molar-refractivity contribution in [3.05, 3.63) is 12.3 Å². The number of aromatic nitrogens is 1. The Hall–Kier alpha value is -1.49. The average molecular weight is 279 g/mol. The van der Waals surface area contributed by atoms with Crippen molar-refractivity contribution in [2.75, 3.05) is 38.5 Å². The maximum Gasteiger partial charge on any atom is 0.239 e. The molecule has 112 valence electrons. The van der Waals surface area contributed by atoms with E-state index in [0.717, 1.165) is 24.2 Å². The lowest BCUT2D eigenvalue weighted by molar-refractivity contribution is 0.0605. The summed E-state index contributed by atoms with van der Waals surface area (Å²) in [5.74, 6) is 0.636. The zero-order valence-electron chi connectivity index (χ0n) is 12.8. The monoisotopic (exact) mass is 279 g/mol. The molecule has 0 saturated heterocycles. The van der Waals surface area contributed by atoms with Crippen LogP contribution in [0.4, 0.5) is 11.4 Å². The molecule has 5 nitrogen and oxygen atoms in total. The molecule has 1 N–H and O–H groups in total. The van der Waals surface area contributed by atoms with Crippen molar-refractivity contribution in [3.63, 3.8) is 0 Å². The summed E-state index contributed by atoms with van der Waals surface area (Å²) in [7, 11) is 7.49. The third-order valence-corrected chi connectivity index (χ3v) is 3.90. The molecule has 0 amide bonds. The molecule has 0 aliphatic heterocycles. The van der Waals surface area contributed by atoms with Crippen molar-refractivity contribution in [3.8, 4) is 5.88 Å². The zero-order chi connectivity index (χ0) is 14.5. The molecular formula is C15H25N3O2. The van der Waals surface area contributed by atoms with Crippen LogP contribution in [0.3, 0.4) is 0 Å². The Morgan fingerprint density at radius 2 is 2.00 bits per heavy atom. The lowest BCUT2D eigenvalue weighted by atomic mass is 9.92. The van der Waals surface area contributed by atoms with Gasteiger partial charge in [-0.2, -0.15) is 0 Å². The number of methoxy groups -OCH3 is 2. The highest BCUT2D eigenvalue weighted by molar-refractivity contribution is 5.74. The van der Waals surface area contributed by atoms with Crippen molar-refractivity contribution < 1.29 is 9.47 Å². The Kier molecular flexibility index (Phi) is 5.06. The quantitative estimate of drug-likeness (QED) is 0.897. The van der Waals surface area contributed by atoms with E-state index in [-0.39, 0.29) is 6.10 Å². The van der Waals surface area contributed by atoms with Gasteiger partial charge in [0.25, 0.3) is 0 Å². The predicted octanol–water partition coefficient (Wildman–Crippen LogP) is 2.53. The van der Waals surface area contributed by atoms with Crippen LogP contribution in [0.1, 0.15) is 25.7 Å². The van der Waals surface area contributed by atoms with E-state index in [1.165, 1.54) is 12.8 Å². The molecule has 1 aliphatic carbocycles. The largest absolute Gasteiger partial charge is 0.479 e. The molecule has 20 heavy (non-hydrogen) atoms. The van der Waals surface area contributed by atoms with Crippen LogP contribution in [0, 0.1) is 0 Å². The Labute approximate surface area is 121 Å². The Morgan fingerprint density at radius 3 is 2.65 bits per heavy atom. The second-order valence-electron chi connectivity index (χ2n) is 5.42. The van der Waals surface area contributed by atoms with Gasteiger partial charge in [0.05, 0.1) is 24.9 Å². The number of pyridine rings is 1. The van der Waals surface area contributed by atoms with Crippen LogP contribution in [0.25, 0.3) is 0 Å². The molecule has 1 saturated carbocycles. The Morgan fingerprint density at radius 1 is 1.25 bits per heavy atom. The third-order valence-electron chi connectivity index (χ3n) is 3.90. The molecule has 1 aromatic heterocycles. The lowest BCUT2D eigenvalue weighted by Gasteiger charge is -2.33. The molecule has 0 aromatic carbocycles. The van der Waals surface area contributed by atoms with Gasteiger partial charge in [-0.1, -0.05) is 12.8 Å². The molecule has 1 heterocycles. The number of hydrogen-bond acceptors (Lipinski definition) is 5. The van der Waals surface area contributed by atoms with Gasteiger partial charge in [0.1, 0.15) is 5.69 Å². The number of nitrogens with zero attached hydrogens (tertiary/aromatic N) is 2. The third kappa shape index (κ3) is 3.15. The molecular weight excluding hydrogens is 254 g/mol. The summed E-state index contributed by atoms with van der Waals surface area (Å²) in [5, 5.41) is 3.60. The Bertz CT molecular complexity index is 437. The topological polar surface area (TPSA) is 46.6 Å². The maximum atomic E-state index is 5.61. The van der Waals surface area contributed by atoms with Crippen LogP contribution >= 0.6 is 0 Å². The van der Waals surface area contributed by atoms with Crippen LogP contribution in [0.2, 0.25) is 0 Å². The van der Waals surface area contributed by atoms with E-state index < -0.39 is 0 Å². The molecule has 1 aromatic rings. The maximum absolute atomic E-state index is 5.61. The second-order valence-corrected chi connectivity index (χ2v) is 5.42. The van der Waals surface area contributed by atoms with Crippen LogP contribution in [0.5, 0.6) is 5.88 Å². The SMILES string of the molecule is COc1nccc(N(C)C)c1NC1CCCCC1OC. The molecule has 0 radical (unpaired) electrons. The summed E-state index contributed by atoms with van der Waals surface area (Å²) in [6.07, 6.45) is 6.72. The van der Waals surface area contributed by atoms with E-state index in [0.29, 0.717) is 11.9 Å². The fourth-order valence-corrected chi connectivity index (χ4v) is 2.83. The summed E-state index contributed by atoms with van der Waals surface area (Å²) in [6.45, 7) is 0. The molecule has 2 atom stereocenters. The van der Waals surface area contributed by atoms with Gasteiger partial charge in [-0.25, -0.2) is 4.98 Å². The highest BCUT2D eigenvalue weighted by atomic mass is 16.5. The van der Waals surface area contributed by atoms with Crippen molar-refractivity contribution in [1.29, 1.82) is 0 Å². The normalized spacial score (nSPS) is 22.4. The van der Waals surface area contributed by atoms with Gasteiger partial charge in [-0.3, -0.25) is 0 Å². The molecule has 0 spiro atoms. The van der Waals surface area contributed by atoms with E-state index in [2.05, 4.69) is 15.2 Å². The van der Waals surface area contributed by atoms with Gasteiger partial charge < -0.3 is 19.7 Å². The average Bonchev–Trinajstić information content (AvgIpc) is 2.47. The predicted molar refractivity (Wildman–Crippen MR) is 81.8 cm³/mol. The van der Waals surface area contributed by atoms with Crippen LogP contribution < -0.4 is 15.0 Å². The molecule has 1 aliphatic rings. The first-order chi connectivity index (χ1) is 9.67. The van der Waals surface area contributed by atoms with Gasteiger partial charge in [0.2, 0.25) is 5.88 Å². The van der Waals surface area contributed by atoms with E-state index in [4.69, 9.17) is 9.47 Å². The van der Waals surface area contributed by atoms with Gasteiger partial charge in [-0.15, -0.1) is 0 Å². The summed E-state index contributed by atoms with van der Waals surface area (Å²) >= 11 is 0. The van der Waals surface area contributed by atoms with Crippen molar-refractivity contribution in [2.45, 2.75) is 37.8 Å². The van der Waals surface area contributed by atoms with Crippen molar-refractivity contribution in [2.24, 2.45) is 0 Å². The van der Waals surface area contributed by atoms with Crippen molar-refractivity contribution >= 4 is 11.4 Å². The number of nitrogens with one attached hydrogen (secondary N) is 1. The van der Waals surface area contributed by atoms with Crippen LogP contribution in [0.15, 0.2) is 12.3 Å². The number of rotatable bonds is 5. The second kappa shape index (κ2) is 6.79. The fraction of sp³-hybridized carbons (Fsp3) is 0.667. The smallest absolute Gasteiger partial charge is 0.239 e. The standard InChI is InChI=1S/C15H25N3O2/c1-18(2)12-9-10-16-15(20-4)14(12)17-11-7-5-6-8-13(11)19-3/h9-11,13,17H,5-8H2,1-4H3. The molecule has 0 bridgehead atoms. The molecule has 5 heteroatoms. The van der Waals surface area contributed by atoms with E-state index >= 15 is 0 Å². The molecule has 2 rings (SSSR count).